The lowest BCUT2D eigenvalue weighted by Crippen LogP contribution is -2.29. The summed E-state index contributed by atoms with van der Waals surface area (Å²) in [7, 11) is 0. The number of rotatable bonds is 6. The molecule has 0 bridgehead atoms. The van der Waals surface area contributed by atoms with E-state index >= 15 is 0 Å². The van der Waals surface area contributed by atoms with Gasteiger partial charge >= 0.3 is 0 Å². The molecule has 1 amide bonds. The third kappa shape index (κ3) is 4.43. The van der Waals surface area contributed by atoms with Crippen LogP contribution < -0.4 is 10.6 Å². The van der Waals surface area contributed by atoms with Gasteiger partial charge in [0.1, 0.15) is 23.8 Å². The molecule has 0 aliphatic carbocycles. The summed E-state index contributed by atoms with van der Waals surface area (Å²) >= 11 is 0. The molecular formula is C18H18F2N6O. The largest absolute Gasteiger partial charge is 0.368 e. The van der Waals surface area contributed by atoms with Crippen molar-refractivity contribution in [2.75, 3.05) is 18.4 Å². The Hall–Kier alpha value is -3.36. The van der Waals surface area contributed by atoms with Gasteiger partial charge in [-0.25, -0.2) is 23.4 Å². The number of nitrogens with one attached hydrogen (secondary N) is 2. The highest BCUT2D eigenvalue weighted by molar-refractivity contribution is 5.94. The molecule has 2 aromatic heterocycles. The maximum atomic E-state index is 13.6. The monoisotopic (exact) mass is 372 g/mol. The minimum atomic E-state index is -0.897. The van der Waals surface area contributed by atoms with Crippen molar-refractivity contribution in [1.29, 1.82) is 0 Å². The molecule has 0 spiro atoms. The smallest absolute Gasteiger partial charge is 0.254 e. The number of benzene rings is 1. The van der Waals surface area contributed by atoms with Crippen molar-refractivity contribution in [1.82, 2.24) is 25.1 Å². The summed E-state index contributed by atoms with van der Waals surface area (Å²) < 4.78 is 28.2. The summed E-state index contributed by atoms with van der Waals surface area (Å²) in [6.45, 7) is 4.42. The molecule has 27 heavy (non-hydrogen) atoms. The fourth-order valence-electron chi connectivity index (χ4n) is 2.56. The molecule has 0 fully saturated rings. The van der Waals surface area contributed by atoms with Gasteiger partial charge in [0.25, 0.3) is 5.91 Å². The molecule has 140 valence electrons. The normalized spacial score (nSPS) is 10.7. The Kier molecular flexibility index (Phi) is 5.39. The van der Waals surface area contributed by atoms with E-state index in [1.807, 2.05) is 19.9 Å². The van der Waals surface area contributed by atoms with Crippen LogP contribution in [-0.2, 0) is 0 Å². The molecule has 1 aromatic carbocycles. The summed E-state index contributed by atoms with van der Waals surface area (Å²) in [5, 5.41) is 9.98. The van der Waals surface area contributed by atoms with E-state index in [0.717, 1.165) is 23.5 Å². The number of nitrogens with zero attached hydrogens (tertiary/aromatic N) is 4. The number of hydrogen-bond donors (Lipinski definition) is 2. The highest BCUT2D eigenvalue weighted by Crippen LogP contribution is 2.12. The first-order chi connectivity index (χ1) is 12.9. The molecule has 0 atom stereocenters. The molecule has 2 heterocycles. The zero-order valence-corrected chi connectivity index (χ0v) is 14.8. The SMILES string of the molecule is Cc1cc(C)n(-c2cc(NCCNC(=O)c3ccc(F)cc3F)ncn2)n1. The summed E-state index contributed by atoms with van der Waals surface area (Å²) in [5.74, 6) is -1.05. The van der Waals surface area contributed by atoms with E-state index < -0.39 is 17.5 Å². The molecule has 3 rings (SSSR count). The Labute approximate surface area is 154 Å². The van der Waals surface area contributed by atoms with E-state index in [4.69, 9.17) is 0 Å². The second kappa shape index (κ2) is 7.90. The van der Waals surface area contributed by atoms with Gasteiger partial charge in [-0.1, -0.05) is 0 Å². The van der Waals surface area contributed by atoms with Crippen molar-refractivity contribution in [3.63, 3.8) is 0 Å². The van der Waals surface area contributed by atoms with Crippen LogP contribution in [0.4, 0.5) is 14.6 Å². The summed E-state index contributed by atoms with van der Waals surface area (Å²) in [6, 6.07) is 6.50. The summed E-state index contributed by atoms with van der Waals surface area (Å²) in [4.78, 5) is 20.3. The number of halogens is 2. The van der Waals surface area contributed by atoms with Crippen LogP contribution in [0.5, 0.6) is 0 Å². The zero-order chi connectivity index (χ0) is 19.4. The number of anilines is 1. The molecule has 7 nitrogen and oxygen atoms in total. The predicted molar refractivity (Wildman–Crippen MR) is 95.8 cm³/mol. The topological polar surface area (TPSA) is 84.7 Å². The van der Waals surface area contributed by atoms with E-state index in [9.17, 15) is 13.6 Å². The molecule has 0 aliphatic rings. The van der Waals surface area contributed by atoms with Crippen LogP contribution >= 0.6 is 0 Å². The quantitative estimate of drug-likeness (QED) is 0.649. The standard InChI is InChI=1S/C18H18F2N6O/c1-11-7-12(2)26(25-11)17-9-16(23-10-24-17)21-5-6-22-18(27)14-4-3-13(19)8-15(14)20/h3-4,7-10H,5-6H2,1-2H3,(H,22,27)(H,21,23,24). The maximum absolute atomic E-state index is 13.6. The molecule has 0 saturated carbocycles. The van der Waals surface area contributed by atoms with E-state index in [1.165, 1.54) is 6.33 Å². The minimum Gasteiger partial charge on any atom is -0.368 e. The molecule has 0 saturated heterocycles. The van der Waals surface area contributed by atoms with Gasteiger partial charge in [-0.15, -0.1) is 0 Å². The van der Waals surface area contributed by atoms with Gasteiger partial charge < -0.3 is 10.6 Å². The van der Waals surface area contributed by atoms with E-state index in [-0.39, 0.29) is 12.1 Å². The van der Waals surface area contributed by atoms with Gasteiger partial charge in [-0.2, -0.15) is 5.10 Å². The number of amides is 1. The first-order valence-electron chi connectivity index (χ1n) is 8.27. The van der Waals surface area contributed by atoms with Gasteiger partial charge in [0.15, 0.2) is 5.82 Å². The molecule has 0 unspecified atom stereocenters. The molecule has 0 radical (unpaired) electrons. The molecule has 3 aromatic rings. The number of hydrogen-bond acceptors (Lipinski definition) is 5. The first kappa shape index (κ1) is 18.4. The van der Waals surface area contributed by atoms with Crippen LogP contribution in [0.3, 0.4) is 0 Å². The van der Waals surface area contributed by atoms with Crippen molar-refractivity contribution in [3.8, 4) is 5.82 Å². The molecule has 2 N–H and O–H groups in total. The van der Waals surface area contributed by atoms with Crippen molar-refractivity contribution in [3.05, 3.63) is 65.2 Å². The predicted octanol–water partition coefficient (Wildman–Crippen LogP) is 2.40. The Morgan fingerprint density at radius 3 is 2.63 bits per heavy atom. The highest BCUT2D eigenvalue weighted by atomic mass is 19.1. The van der Waals surface area contributed by atoms with Crippen molar-refractivity contribution >= 4 is 11.7 Å². The Bertz CT molecular complexity index is 972. The molecule has 0 aliphatic heterocycles. The van der Waals surface area contributed by atoms with E-state index in [2.05, 4.69) is 25.7 Å². The third-order valence-electron chi connectivity index (χ3n) is 3.77. The van der Waals surface area contributed by atoms with Crippen LogP contribution in [0.1, 0.15) is 21.7 Å². The minimum absolute atomic E-state index is 0.203. The van der Waals surface area contributed by atoms with Gasteiger partial charge in [-0.3, -0.25) is 4.79 Å². The molecular weight excluding hydrogens is 354 g/mol. The van der Waals surface area contributed by atoms with Gasteiger partial charge in [-0.05, 0) is 32.0 Å². The number of aryl methyl sites for hydroxylation is 2. The van der Waals surface area contributed by atoms with Gasteiger partial charge in [0, 0.05) is 30.9 Å². The highest BCUT2D eigenvalue weighted by Gasteiger charge is 2.12. The van der Waals surface area contributed by atoms with Gasteiger partial charge in [0.05, 0.1) is 11.3 Å². The maximum Gasteiger partial charge on any atom is 0.254 e. The number of aromatic nitrogens is 4. The zero-order valence-electron chi connectivity index (χ0n) is 14.8. The lowest BCUT2D eigenvalue weighted by Gasteiger charge is -2.09. The third-order valence-corrected chi connectivity index (χ3v) is 3.77. The van der Waals surface area contributed by atoms with E-state index in [0.29, 0.717) is 24.2 Å². The van der Waals surface area contributed by atoms with Crippen molar-refractivity contribution < 1.29 is 13.6 Å². The van der Waals surface area contributed by atoms with Crippen LogP contribution in [0.25, 0.3) is 5.82 Å². The van der Waals surface area contributed by atoms with Crippen LogP contribution in [0.2, 0.25) is 0 Å². The van der Waals surface area contributed by atoms with E-state index in [1.54, 1.807) is 10.7 Å². The fraction of sp³-hybridized carbons (Fsp3) is 0.222. The van der Waals surface area contributed by atoms with Crippen LogP contribution in [0.15, 0.2) is 36.7 Å². The summed E-state index contributed by atoms with van der Waals surface area (Å²) in [6.07, 6.45) is 1.42. The second-order valence-corrected chi connectivity index (χ2v) is 5.91. The van der Waals surface area contributed by atoms with Crippen molar-refractivity contribution in [2.45, 2.75) is 13.8 Å². The van der Waals surface area contributed by atoms with Crippen LogP contribution in [0, 0.1) is 25.5 Å². The Balaban J connectivity index is 1.56. The Morgan fingerprint density at radius 1 is 1.11 bits per heavy atom. The second-order valence-electron chi connectivity index (χ2n) is 5.91. The van der Waals surface area contributed by atoms with Crippen LogP contribution in [-0.4, -0.2) is 38.7 Å². The molecule has 9 heteroatoms. The number of carbonyl (C=O) groups excluding carboxylic acids is 1. The number of carbonyl (C=O) groups is 1. The van der Waals surface area contributed by atoms with Gasteiger partial charge in [0.2, 0.25) is 0 Å². The lowest BCUT2D eigenvalue weighted by molar-refractivity contribution is 0.0951. The fourth-order valence-corrected chi connectivity index (χ4v) is 2.56. The van der Waals surface area contributed by atoms with Crippen molar-refractivity contribution in [2.24, 2.45) is 0 Å². The summed E-state index contributed by atoms with van der Waals surface area (Å²) in [5.41, 5.74) is 1.63. The first-order valence-corrected chi connectivity index (χ1v) is 8.27. The average Bonchev–Trinajstić information content (AvgIpc) is 2.97. The Morgan fingerprint density at radius 2 is 1.93 bits per heavy atom. The lowest BCUT2D eigenvalue weighted by atomic mass is 10.2. The average molecular weight is 372 g/mol.